The van der Waals surface area contributed by atoms with Gasteiger partial charge < -0.3 is 19.1 Å². The van der Waals surface area contributed by atoms with Crippen LogP contribution in [0.4, 0.5) is 17.1 Å². The third-order valence-corrected chi connectivity index (χ3v) is 8.86. The van der Waals surface area contributed by atoms with E-state index in [1.165, 1.54) is 5.56 Å². The van der Waals surface area contributed by atoms with E-state index in [9.17, 15) is 13.0 Å². The lowest BCUT2D eigenvalue weighted by atomic mass is 10.0. The van der Waals surface area contributed by atoms with Gasteiger partial charge in [0, 0.05) is 37.5 Å². The Morgan fingerprint density at radius 2 is 1.59 bits per heavy atom. The highest BCUT2D eigenvalue weighted by molar-refractivity contribution is 7.85. The first kappa shape index (κ1) is 29.3. The Morgan fingerprint density at radius 3 is 2.24 bits per heavy atom. The van der Waals surface area contributed by atoms with Gasteiger partial charge >= 0.3 is 0 Å². The number of aromatic hydroxyl groups is 1. The zero-order valence-electron chi connectivity index (χ0n) is 23.0. The van der Waals surface area contributed by atoms with Crippen molar-refractivity contribution in [1.82, 2.24) is 0 Å². The van der Waals surface area contributed by atoms with Crippen LogP contribution in [0, 0.1) is 0 Å². The van der Waals surface area contributed by atoms with E-state index in [1.54, 1.807) is 0 Å². The molecular weight excluding hydrogens is 581 g/mol. The van der Waals surface area contributed by atoms with Crippen LogP contribution in [0.5, 0.6) is 5.75 Å². The molecule has 2 heterocycles. The van der Waals surface area contributed by atoms with Crippen LogP contribution in [0.3, 0.4) is 0 Å². The summed E-state index contributed by atoms with van der Waals surface area (Å²) in [5, 5.41) is 0.912. The number of benzene rings is 3. The average Bonchev–Trinajstić information content (AvgIpc) is 3.44. The smallest absolute Gasteiger partial charge is 0.285 e. The van der Waals surface area contributed by atoms with Gasteiger partial charge in [0.2, 0.25) is 0 Å². The Kier molecular flexibility index (Phi) is 8.85. The molecule has 1 unspecified atom stereocenters. The minimum absolute atomic E-state index is 0.142. The second-order valence-corrected chi connectivity index (χ2v) is 12.3. The summed E-state index contributed by atoms with van der Waals surface area (Å²) in [5.74, 6) is 1.51. The van der Waals surface area contributed by atoms with E-state index < -0.39 is 10.1 Å². The number of hydrogen-bond acceptors (Lipinski definition) is 6. The fraction of sp³-hybridized carbons (Fsp3) is 0.290. The summed E-state index contributed by atoms with van der Waals surface area (Å²) in [6.45, 7) is 6.21. The van der Waals surface area contributed by atoms with Crippen molar-refractivity contribution < 1.29 is 17.7 Å². The van der Waals surface area contributed by atoms with Gasteiger partial charge in [-0.2, -0.15) is 0 Å². The maximum absolute atomic E-state index is 11.1. The average molecular weight is 615 g/mol. The Hall–Kier alpha value is -3.17. The molecule has 0 fully saturated rings. The summed E-state index contributed by atoms with van der Waals surface area (Å²) >= 11 is 12.8. The number of unbranched alkanes of at least 4 members (excludes halogenated alkanes) is 1. The molecule has 0 aliphatic carbocycles. The standard InChI is InChI=1S/C31H33Cl2N3O4S/c1-3-34-26-20-24(32)25(33)21-27(26)36(17-8-9-18-41(37,38)39)30(34)13-10-14-31-35(4-2)28-19-23(15-16-29(28)40-31)22-11-6-5-7-12-22/h5-7,10-16,19-21,31H,3-4,8-9,17-18H2,1-2H3,(H,37,38,39)/b14-10-,30-13-. The molecule has 41 heavy (non-hydrogen) atoms. The summed E-state index contributed by atoms with van der Waals surface area (Å²) in [6, 6.07) is 20.4. The highest BCUT2D eigenvalue weighted by Crippen LogP contribution is 2.46. The molecule has 5 rings (SSSR count). The number of anilines is 3. The molecule has 216 valence electrons. The minimum atomic E-state index is -4.25. The fourth-order valence-corrected chi connectivity index (χ4v) is 6.29. The van der Waals surface area contributed by atoms with Gasteiger partial charge in [-0.25, -0.2) is 8.42 Å². The molecule has 0 spiro atoms. The molecule has 3 aromatic carbocycles. The van der Waals surface area contributed by atoms with Crippen molar-refractivity contribution in [3.63, 3.8) is 0 Å². The topological polar surface area (TPSA) is 79.7 Å². The number of nitrogens with zero attached hydrogens (tertiary/aromatic N) is 3. The highest BCUT2D eigenvalue weighted by Gasteiger charge is 2.34. The van der Waals surface area contributed by atoms with Gasteiger partial charge in [0.1, 0.15) is 11.5 Å². The van der Waals surface area contributed by atoms with Gasteiger partial charge in [-0.15, -0.1) is 0 Å². The van der Waals surface area contributed by atoms with E-state index in [0.29, 0.717) is 29.6 Å². The number of fused-ring (bicyclic) bond motifs is 2. The molecule has 0 radical (unpaired) electrons. The normalized spacial score (nSPS) is 17.4. The molecule has 0 amide bonds. The highest BCUT2D eigenvalue weighted by atomic mass is 35.5. The molecule has 1 N–H and O–H groups in total. The van der Waals surface area contributed by atoms with E-state index >= 15 is 0 Å². The summed E-state index contributed by atoms with van der Waals surface area (Å²) in [4.78, 5) is 6.53. The van der Waals surface area contributed by atoms with Crippen molar-refractivity contribution in [3.05, 3.63) is 94.8 Å². The maximum Gasteiger partial charge on any atom is 0.285 e. The molecular formula is C31H33Cl2N3O4S. The number of aliphatic hydroxyl groups is 1. The van der Waals surface area contributed by atoms with E-state index in [-0.39, 0.29) is 18.4 Å². The zero-order valence-corrected chi connectivity index (χ0v) is 25.3. The molecule has 2 aliphatic heterocycles. The van der Waals surface area contributed by atoms with Crippen LogP contribution < -0.4 is 14.7 Å². The number of hydrogen-bond donors (Lipinski definition) is 0. The molecule has 10 heteroatoms. The van der Waals surface area contributed by atoms with Crippen molar-refractivity contribution in [2.45, 2.75) is 32.9 Å². The minimum Gasteiger partial charge on any atom is -0.748 e. The summed E-state index contributed by atoms with van der Waals surface area (Å²) in [6.07, 6.45) is 6.80. The molecule has 0 saturated carbocycles. The maximum atomic E-state index is 11.1. The molecule has 0 bridgehead atoms. The van der Waals surface area contributed by atoms with Crippen molar-refractivity contribution >= 4 is 50.4 Å². The first-order chi connectivity index (χ1) is 19.7. The number of likely N-dealkylation sites (N-methyl/N-ethyl adjacent to an activating group) is 1. The number of rotatable bonds is 10. The van der Waals surface area contributed by atoms with E-state index in [4.69, 9.17) is 27.9 Å². The summed E-state index contributed by atoms with van der Waals surface area (Å²) in [7, 11) is -4.25. The molecule has 0 aromatic heterocycles. The van der Waals surface area contributed by atoms with E-state index in [1.807, 2.05) is 42.5 Å². The lowest BCUT2D eigenvalue weighted by molar-refractivity contribution is 0.0381. The molecule has 3 aromatic rings. The zero-order chi connectivity index (χ0) is 29.1. The van der Waals surface area contributed by atoms with Crippen molar-refractivity contribution in [1.29, 1.82) is 0 Å². The lowest BCUT2D eigenvalue weighted by Gasteiger charge is -2.24. The molecule has 7 nitrogen and oxygen atoms in total. The Labute approximate surface area is 252 Å². The van der Waals surface area contributed by atoms with Gasteiger partial charge in [0.25, 0.3) is 12.0 Å². The van der Waals surface area contributed by atoms with Crippen LogP contribution in [-0.2, 0) is 10.1 Å². The Bertz CT molecular complexity index is 1580. The van der Waals surface area contributed by atoms with Crippen molar-refractivity contribution in [2.75, 3.05) is 40.1 Å². The molecule has 1 atom stereocenters. The second kappa shape index (κ2) is 12.4. The lowest BCUT2D eigenvalue weighted by Crippen LogP contribution is -2.31. The summed E-state index contributed by atoms with van der Waals surface area (Å²) in [5.41, 5.74) is 5.26. The van der Waals surface area contributed by atoms with Gasteiger partial charge in [0.15, 0.2) is 0 Å². The second-order valence-electron chi connectivity index (χ2n) is 9.93. The third-order valence-electron chi connectivity index (χ3n) is 7.35. The van der Waals surface area contributed by atoms with Gasteiger partial charge in [0.05, 0.1) is 31.5 Å². The summed E-state index contributed by atoms with van der Waals surface area (Å²) < 4.78 is 38.3. The first-order valence-corrected chi connectivity index (χ1v) is 16.1. The van der Waals surface area contributed by atoms with E-state index in [2.05, 4.69) is 65.0 Å². The molecule has 2 aliphatic rings. The van der Waals surface area contributed by atoms with Gasteiger partial charge in [-0.1, -0.05) is 59.6 Å². The number of allylic oxidation sites excluding steroid dienone is 2. The van der Waals surface area contributed by atoms with Crippen molar-refractivity contribution in [3.8, 4) is 16.9 Å². The van der Waals surface area contributed by atoms with Crippen LogP contribution in [0.25, 0.3) is 11.1 Å². The number of ether oxygens (including phenoxy) is 1. The largest absolute Gasteiger partial charge is 0.748 e. The van der Waals surface area contributed by atoms with Crippen LogP contribution in [-0.4, -0.2) is 49.3 Å². The van der Waals surface area contributed by atoms with Gasteiger partial charge in [-0.05, 0) is 68.2 Å². The van der Waals surface area contributed by atoms with Crippen LogP contribution in [0.1, 0.15) is 26.7 Å². The third kappa shape index (κ3) is 6.36. The SMILES string of the molecule is CCN1/C(=C/C=C\C2[OH+]c3ccc(-c4ccccc4)cc3N2CC)N(CCCCS(=O)(=O)[O-])c2cc(Cl)c(Cl)cc21. The molecule has 0 saturated heterocycles. The Morgan fingerprint density at radius 1 is 0.878 bits per heavy atom. The first-order valence-electron chi connectivity index (χ1n) is 13.7. The number of halogens is 2. The van der Waals surface area contributed by atoms with Crippen LogP contribution in [0.15, 0.2) is 84.7 Å². The predicted octanol–water partition coefficient (Wildman–Crippen LogP) is 7.14. The monoisotopic (exact) mass is 613 g/mol. The van der Waals surface area contributed by atoms with Gasteiger partial charge in [-0.3, -0.25) is 4.90 Å². The van der Waals surface area contributed by atoms with Crippen molar-refractivity contribution in [2.24, 2.45) is 0 Å². The Balaban J connectivity index is 1.40. The quantitative estimate of drug-likeness (QED) is 0.137. The van der Waals surface area contributed by atoms with E-state index in [0.717, 1.165) is 40.7 Å². The van der Waals surface area contributed by atoms with Crippen LogP contribution in [0.2, 0.25) is 10.0 Å². The predicted molar refractivity (Wildman–Crippen MR) is 168 cm³/mol. The fourth-order valence-electron chi connectivity index (χ4n) is 5.42. The van der Waals surface area contributed by atoms with Crippen LogP contribution >= 0.6 is 23.2 Å².